The number of benzene rings is 2. The van der Waals surface area contributed by atoms with Crippen molar-refractivity contribution in [1.82, 2.24) is 24.9 Å². The standard InChI is InChI=1S/C26H29N5O2/c1-17-12-14-22(15-13-17)30-19(3)23-18(2)28-31(26(33)24(23)29-30)20(4)25(32)27-16-8-11-21-9-6-5-7-10-21/h5-7,9-10,12-15,20H,8,11,16H2,1-4H3,(H,27,32)/t20-/m1/s1. The highest BCUT2D eigenvalue weighted by Crippen LogP contribution is 2.22. The fraction of sp³-hybridized carbons (Fsp3) is 0.308. The van der Waals surface area contributed by atoms with Crippen LogP contribution in [0.4, 0.5) is 0 Å². The average Bonchev–Trinajstić information content (AvgIpc) is 3.17. The molecule has 0 aliphatic heterocycles. The molecule has 1 N–H and O–H groups in total. The van der Waals surface area contributed by atoms with Gasteiger partial charge in [0.2, 0.25) is 5.91 Å². The maximum Gasteiger partial charge on any atom is 0.295 e. The largest absolute Gasteiger partial charge is 0.354 e. The average molecular weight is 444 g/mol. The molecule has 0 bridgehead atoms. The number of hydrogen-bond donors (Lipinski definition) is 1. The molecule has 2 aromatic heterocycles. The lowest BCUT2D eigenvalue weighted by atomic mass is 10.1. The number of carbonyl (C=O) groups excluding carboxylic acids is 1. The van der Waals surface area contributed by atoms with Crippen molar-refractivity contribution in [3.63, 3.8) is 0 Å². The Labute approximate surface area is 193 Å². The summed E-state index contributed by atoms with van der Waals surface area (Å²) >= 11 is 0. The van der Waals surface area contributed by atoms with Crippen LogP contribution in [0.5, 0.6) is 0 Å². The van der Waals surface area contributed by atoms with Crippen LogP contribution in [0.2, 0.25) is 0 Å². The summed E-state index contributed by atoms with van der Waals surface area (Å²) in [6.07, 6.45) is 1.71. The SMILES string of the molecule is Cc1ccc(-n2nc3c(=O)n([C@H](C)C(=O)NCCCc4ccccc4)nc(C)c3c2C)cc1. The Morgan fingerprint density at radius 1 is 1.00 bits per heavy atom. The van der Waals surface area contributed by atoms with E-state index in [0.717, 1.165) is 35.2 Å². The van der Waals surface area contributed by atoms with Crippen LogP contribution in [-0.4, -0.2) is 32.0 Å². The van der Waals surface area contributed by atoms with E-state index in [0.29, 0.717) is 17.8 Å². The Morgan fingerprint density at radius 2 is 1.70 bits per heavy atom. The molecule has 0 aliphatic rings. The number of hydrogen-bond acceptors (Lipinski definition) is 4. The van der Waals surface area contributed by atoms with Crippen LogP contribution in [0.3, 0.4) is 0 Å². The van der Waals surface area contributed by atoms with Crippen molar-refractivity contribution in [2.45, 2.75) is 46.6 Å². The minimum atomic E-state index is -0.734. The molecule has 1 atom stereocenters. The highest BCUT2D eigenvalue weighted by atomic mass is 16.2. The molecule has 33 heavy (non-hydrogen) atoms. The van der Waals surface area contributed by atoms with Gasteiger partial charge in [0.05, 0.1) is 22.5 Å². The van der Waals surface area contributed by atoms with E-state index in [1.54, 1.807) is 11.6 Å². The van der Waals surface area contributed by atoms with E-state index in [1.807, 2.05) is 63.2 Å². The molecule has 0 unspecified atom stereocenters. The molecule has 4 rings (SSSR count). The van der Waals surface area contributed by atoms with Crippen LogP contribution < -0.4 is 10.9 Å². The molecule has 2 heterocycles. The lowest BCUT2D eigenvalue weighted by Crippen LogP contribution is -2.38. The number of amides is 1. The maximum absolute atomic E-state index is 13.2. The zero-order valence-electron chi connectivity index (χ0n) is 19.5. The molecule has 170 valence electrons. The van der Waals surface area contributed by atoms with Crippen LogP contribution in [0, 0.1) is 20.8 Å². The lowest BCUT2D eigenvalue weighted by Gasteiger charge is -2.15. The van der Waals surface area contributed by atoms with E-state index in [1.165, 1.54) is 10.2 Å². The minimum Gasteiger partial charge on any atom is -0.354 e. The molecule has 0 saturated carbocycles. The fourth-order valence-corrected chi connectivity index (χ4v) is 4.06. The van der Waals surface area contributed by atoms with E-state index in [4.69, 9.17) is 0 Å². The van der Waals surface area contributed by atoms with Crippen LogP contribution in [0.1, 0.15) is 41.9 Å². The molecular weight excluding hydrogens is 414 g/mol. The summed E-state index contributed by atoms with van der Waals surface area (Å²) in [6, 6.07) is 17.4. The van der Waals surface area contributed by atoms with E-state index in [9.17, 15) is 9.59 Å². The summed E-state index contributed by atoms with van der Waals surface area (Å²) in [5, 5.41) is 12.7. The Hall–Kier alpha value is -3.74. The first-order valence-electron chi connectivity index (χ1n) is 11.2. The first kappa shape index (κ1) is 22.5. The third-order valence-electron chi connectivity index (χ3n) is 5.96. The third-order valence-corrected chi connectivity index (χ3v) is 5.96. The molecule has 0 radical (unpaired) electrons. The summed E-state index contributed by atoms with van der Waals surface area (Å²) < 4.78 is 3.01. The summed E-state index contributed by atoms with van der Waals surface area (Å²) in [5.74, 6) is -0.230. The molecule has 4 aromatic rings. The Bertz CT molecular complexity index is 1340. The maximum atomic E-state index is 13.2. The summed E-state index contributed by atoms with van der Waals surface area (Å²) in [7, 11) is 0. The monoisotopic (exact) mass is 443 g/mol. The van der Waals surface area contributed by atoms with Crippen molar-refractivity contribution in [2.24, 2.45) is 0 Å². The van der Waals surface area contributed by atoms with E-state index < -0.39 is 6.04 Å². The third kappa shape index (κ3) is 4.58. The van der Waals surface area contributed by atoms with Gasteiger partial charge >= 0.3 is 0 Å². The van der Waals surface area contributed by atoms with Crippen LogP contribution in [-0.2, 0) is 11.2 Å². The first-order chi connectivity index (χ1) is 15.9. The predicted octanol–water partition coefficient (Wildman–Crippen LogP) is 3.82. The van der Waals surface area contributed by atoms with Gasteiger partial charge in [-0.3, -0.25) is 9.59 Å². The normalized spacial score (nSPS) is 12.1. The Balaban J connectivity index is 1.54. The van der Waals surface area contributed by atoms with E-state index >= 15 is 0 Å². The van der Waals surface area contributed by atoms with Gasteiger partial charge < -0.3 is 5.32 Å². The zero-order valence-corrected chi connectivity index (χ0v) is 19.5. The molecular formula is C26H29N5O2. The van der Waals surface area contributed by atoms with Gasteiger partial charge in [-0.05, 0) is 58.2 Å². The number of aryl methyl sites for hydroxylation is 4. The quantitative estimate of drug-likeness (QED) is 0.440. The Morgan fingerprint density at radius 3 is 2.39 bits per heavy atom. The van der Waals surface area contributed by atoms with Crippen LogP contribution >= 0.6 is 0 Å². The van der Waals surface area contributed by atoms with Gasteiger partial charge in [0.25, 0.3) is 5.56 Å². The number of carbonyl (C=O) groups is 1. The zero-order chi connectivity index (χ0) is 23.5. The fourth-order valence-electron chi connectivity index (χ4n) is 4.06. The predicted molar refractivity (Wildman–Crippen MR) is 130 cm³/mol. The van der Waals surface area contributed by atoms with Gasteiger partial charge in [0, 0.05) is 6.54 Å². The summed E-state index contributed by atoms with van der Waals surface area (Å²) in [6.45, 7) is 8.02. The summed E-state index contributed by atoms with van der Waals surface area (Å²) in [4.78, 5) is 26.0. The second kappa shape index (κ2) is 9.40. The summed E-state index contributed by atoms with van der Waals surface area (Å²) in [5.41, 5.74) is 4.74. The van der Waals surface area contributed by atoms with Crippen molar-refractivity contribution < 1.29 is 4.79 Å². The molecule has 0 aliphatic carbocycles. The number of fused-ring (bicyclic) bond motifs is 1. The topological polar surface area (TPSA) is 81.8 Å². The van der Waals surface area contributed by atoms with Crippen molar-refractivity contribution >= 4 is 16.8 Å². The molecule has 7 heteroatoms. The minimum absolute atomic E-state index is 0.230. The molecule has 0 spiro atoms. The van der Waals surface area contributed by atoms with Crippen LogP contribution in [0.15, 0.2) is 59.4 Å². The molecule has 2 aromatic carbocycles. The lowest BCUT2D eigenvalue weighted by molar-refractivity contribution is -0.124. The molecule has 0 saturated heterocycles. The first-order valence-corrected chi connectivity index (χ1v) is 11.2. The van der Waals surface area contributed by atoms with Gasteiger partial charge in [0.15, 0.2) is 5.52 Å². The van der Waals surface area contributed by atoms with Gasteiger partial charge in [0.1, 0.15) is 6.04 Å². The Kier molecular flexibility index (Phi) is 6.40. The van der Waals surface area contributed by atoms with E-state index in [-0.39, 0.29) is 11.5 Å². The second-order valence-electron chi connectivity index (χ2n) is 8.45. The van der Waals surface area contributed by atoms with Crippen molar-refractivity contribution in [1.29, 1.82) is 0 Å². The van der Waals surface area contributed by atoms with Crippen molar-refractivity contribution in [3.8, 4) is 5.69 Å². The van der Waals surface area contributed by atoms with Gasteiger partial charge in [-0.2, -0.15) is 10.2 Å². The molecule has 7 nitrogen and oxygen atoms in total. The van der Waals surface area contributed by atoms with Crippen LogP contribution in [0.25, 0.3) is 16.6 Å². The van der Waals surface area contributed by atoms with Crippen molar-refractivity contribution in [3.05, 3.63) is 87.5 Å². The smallest absolute Gasteiger partial charge is 0.295 e. The van der Waals surface area contributed by atoms with E-state index in [2.05, 4.69) is 27.6 Å². The highest BCUT2D eigenvalue weighted by Gasteiger charge is 2.23. The molecule has 0 fully saturated rings. The number of aromatic nitrogens is 4. The number of nitrogens with zero attached hydrogens (tertiary/aromatic N) is 4. The molecule has 1 amide bonds. The van der Waals surface area contributed by atoms with Gasteiger partial charge in [-0.15, -0.1) is 0 Å². The number of rotatable bonds is 7. The highest BCUT2D eigenvalue weighted by molar-refractivity contribution is 5.84. The van der Waals surface area contributed by atoms with Gasteiger partial charge in [-0.25, -0.2) is 9.36 Å². The van der Waals surface area contributed by atoms with Crippen molar-refractivity contribution in [2.75, 3.05) is 6.54 Å². The van der Waals surface area contributed by atoms with Gasteiger partial charge in [-0.1, -0.05) is 48.0 Å². The second-order valence-corrected chi connectivity index (χ2v) is 8.45. The number of nitrogens with one attached hydrogen (secondary N) is 1.